The van der Waals surface area contributed by atoms with Crippen LogP contribution in [0.4, 0.5) is 0 Å². The molecule has 0 bridgehead atoms. The third-order valence-electron chi connectivity index (χ3n) is 2.20. The van der Waals surface area contributed by atoms with Gasteiger partial charge in [-0.15, -0.1) is 0 Å². The summed E-state index contributed by atoms with van der Waals surface area (Å²) in [5.41, 5.74) is 8.46. The van der Waals surface area contributed by atoms with Gasteiger partial charge >= 0.3 is 0 Å². The molecule has 0 aromatic carbocycles. The quantitative estimate of drug-likeness (QED) is 0.840. The third-order valence-corrected chi connectivity index (χ3v) is 3.16. The molecule has 2 aromatic heterocycles. The van der Waals surface area contributed by atoms with Gasteiger partial charge in [0.05, 0.1) is 5.69 Å². The normalized spacial score (nSPS) is 10.5. The van der Waals surface area contributed by atoms with Crippen molar-refractivity contribution in [1.29, 1.82) is 0 Å². The molecular formula is C12H14N4S. The summed E-state index contributed by atoms with van der Waals surface area (Å²) < 4.78 is 0. The number of hydrogen-bond donors (Lipinski definition) is 1. The summed E-state index contributed by atoms with van der Waals surface area (Å²) in [6.07, 6.45) is 1.74. The van der Waals surface area contributed by atoms with Gasteiger partial charge in [-0.25, -0.2) is 9.97 Å². The van der Waals surface area contributed by atoms with E-state index in [1.54, 1.807) is 6.20 Å². The Hall–Kier alpha value is -1.46. The first-order chi connectivity index (χ1) is 8.19. The highest BCUT2D eigenvalue weighted by Gasteiger charge is 2.06. The zero-order valence-corrected chi connectivity index (χ0v) is 10.7. The van der Waals surface area contributed by atoms with Gasteiger partial charge in [-0.1, -0.05) is 0 Å². The van der Waals surface area contributed by atoms with Crippen LogP contribution in [0, 0.1) is 13.8 Å². The molecule has 2 heterocycles. The van der Waals surface area contributed by atoms with Gasteiger partial charge in [-0.3, -0.25) is 4.98 Å². The van der Waals surface area contributed by atoms with Crippen molar-refractivity contribution >= 4 is 11.8 Å². The lowest BCUT2D eigenvalue weighted by Crippen LogP contribution is -2.01. The van der Waals surface area contributed by atoms with Crippen LogP contribution in [0.3, 0.4) is 0 Å². The van der Waals surface area contributed by atoms with Crippen LogP contribution >= 0.6 is 11.8 Å². The predicted octanol–water partition coefficient (Wildman–Crippen LogP) is 2.10. The molecule has 0 aliphatic rings. The van der Waals surface area contributed by atoms with Crippen molar-refractivity contribution < 1.29 is 0 Å². The van der Waals surface area contributed by atoms with Gasteiger partial charge in [0.15, 0.2) is 5.16 Å². The second kappa shape index (κ2) is 5.25. The fourth-order valence-corrected chi connectivity index (χ4v) is 2.48. The van der Waals surface area contributed by atoms with Gasteiger partial charge < -0.3 is 5.73 Å². The van der Waals surface area contributed by atoms with E-state index in [0.29, 0.717) is 6.54 Å². The van der Waals surface area contributed by atoms with Gasteiger partial charge in [0.1, 0.15) is 0 Å². The summed E-state index contributed by atoms with van der Waals surface area (Å²) in [5, 5.41) is 0.741. The molecule has 0 aliphatic carbocycles. The average molecular weight is 246 g/mol. The molecule has 0 saturated carbocycles. The lowest BCUT2D eigenvalue weighted by molar-refractivity contribution is 0.894. The Bertz CT molecular complexity index is 507. The van der Waals surface area contributed by atoms with E-state index in [2.05, 4.69) is 15.0 Å². The molecule has 0 radical (unpaired) electrons. The molecule has 0 fully saturated rings. The Kier molecular flexibility index (Phi) is 3.71. The number of nitrogens with two attached hydrogens (primary N) is 1. The molecule has 0 amide bonds. The highest BCUT2D eigenvalue weighted by atomic mass is 32.2. The van der Waals surface area contributed by atoms with Gasteiger partial charge in [0.25, 0.3) is 0 Å². The largest absolute Gasteiger partial charge is 0.325 e. The number of pyridine rings is 1. The van der Waals surface area contributed by atoms with Crippen molar-refractivity contribution in [2.75, 3.05) is 0 Å². The summed E-state index contributed by atoms with van der Waals surface area (Å²) >= 11 is 1.50. The maximum Gasteiger partial charge on any atom is 0.192 e. The van der Waals surface area contributed by atoms with Crippen molar-refractivity contribution in [2.24, 2.45) is 5.73 Å². The molecule has 0 unspecified atom stereocenters. The van der Waals surface area contributed by atoms with E-state index < -0.39 is 0 Å². The molecule has 5 heteroatoms. The molecule has 0 aliphatic heterocycles. The SMILES string of the molecule is Cc1cc(C)nc(Sc2cccnc2CN)n1. The van der Waals surface area contributed by atoms with Crippen LogP contribution in [0.1, 0.15) is 17.1 Å². The fraction of sp³-hybridized carbons (Fsp3) is 0.250. The molecule has 4 nitrogen and oxygen atoms in total. The summed E-state index contributed by atoms with van der Waals surface area (Å²) in [6, 6.07) is 5.84. The second-order valence-electron chi connectivity index (χ2n) is 3.69. The Morgan fingerprint density at radius 3 is 2.59 bits per heavy atom. The van der Waals surface area contributed by atoms with Gasteiger partial charge in [0.2, 0.25) is 0 Å². The van der Waals surface area contributed by atoms with E-state index in [0.717, 1.165) is 27.1 Å². The molecule has 0 saturated heterocycles. The summed E-state index contributed by atoms with van der Waals surface area (Å²) in [6.45, 7) is 4.35. The monoisotopic (exact) mass is 246 g/mol. The molecule has 2 aromatic rings. The maximum absolute atomic E-state index is 5.65. The van der Waals surface area contributed by atoms with E-state index in [1.807, 2.05) is 32.0 Å². The highest BCUT2D eigenvalue weighted by Crippen LogP contribution is 2.26. The van der Waals surface area contributed by atoms with E-state index in [-0.39, 0.29) is 0 Å². The Balaban J connectivity index is 2.31. The number of rotatable bonds is 3. The molecule has 17 heavy (non-hydrogen) atoms. The number of hydrogen-bond acceptors (Lipinski definition) is 5. The topological polar surface area (TPSA) is 64.7 Å². The van der Waals surface area contributed by atoms with Crippen molar-refractivity contribution in [1.82, 2.24) is 15.0 Å². The Morgan fingerprint density at radius 2 is 1.94 bits per heavy atom. The molecule has 0 atom stereocenters. The zero-order chi connectivity index (χ0) is 12.3. The minimum atomic E-state index is 0.425. The van der Waals surface area contributed by atoms with Crippen molar-refractivity contribution in [3.8, 4) is 0 Å². The van der Waals surface area contributed by atoms with E-state index in [1.165, 1.54) is 11.8 Å². The van der Waals surface area contributed by atoms with E-state index in [9.17, 15) is 0 Å². The summed E-state index contributed by atoms with van der Waals surface area (Å²) in [4.78, 5) is 14.0. The standard InChI is InChI=1S/C12H14N4S/c1-8-6-9(2)16-12(15-8)17-11-4-3-5-14-10(11)7-13/h3-6H,7,13H2,1-2H3. The van der Waals surface area contributed by atoms with Crippen LogP contribution in [0.2, 0.25) is 0 Å². The minimum Gasteiger partial charge on any atom is -0.325 e. The van der Waals surface area contributed by atoms with Crippen LogP contribution in [0.15, 0.2) is 34.4 Å². The van der Waals surface area contributed by atoms with E-state index in [4.69, 9.17) is 5.73 Å². The third kappa shape index (κ3) is 3.01. The predicted molar refractivity (Wildman–Crippen MR) is 67.8 cm³/mol. The maximum atomic E-state index is 5.65. The number of aryl methyl sites for hydroxylation is 2. The molecule has 88 valence electrons. The Morgan fingerprint density at radius 1 is 1.24 bits per heavy atom. The van der Waals surface area contributed by atoms with Gasteiger partial charge in [-0.2, -0.15) is 0 Å². The molecule has 0 spiro atoms. The van der Waals surface area contributed by atoms with Crippen molar-refractivity contribution in [3.05, 3.63) is 41.5 Å². The van der Waals surface area contributed by atoms with Crippen molar-refractivity contribution in [2.45, 2.75) is 30.4 Å². The minimum absolute atomic E-state index is 0.425. The first kappa shape index (κ1) is 12.0. The molecular weight excluding hydrogens is 232 g/mol. The average Bonchev–Trinajstić information content (AvgIpc) is 2.28. The second-order valence-corrected chi connectivity index (χ2v) is 4.70. The van der Waals surface area contributed by atoms with Crippen molar-refractivity contribution in [3.63, 3.8) is 0 Å². The zero-order valence-electron chi connectivity index (χ0n) is 9.84. The van der Waals surface area contributed by atoms with Gasteiger partial charge in [-0.05, 0) is 43.8 Å². The smallest absolute Gasteiger partial charge is 0.192 e. The lowest BCUT2D eigenvalue weighted by Gasteiger charge is -2.06. The molecule has 2 N–H and O–H groups in total. The Labute approximate surface area is 105 Å². The summed E-state index contributed by atoms with van der Waals surface area (Å²) in [7, 11) is 0. The first-order valence-corrected chi connectivity index (χ1v) is 6.15. The lowest BCUT2D eigenvalue weighted by atomic mass is 10.3. The van der Waals surface area contributed by atoms with Gasteiger partial charge in [0, 0.05) is 29.0 Å². The van der Waals surface area contributed by atoms with Crippen LogP contribution in [0.25, 0.3) is 0 Å². The van der Waals surface area contributed by atoms with Crippen LogP contribution < -0.4 is 5.73 Å². The highest BCUT2D eigenvalue weighted by molar-refractivity contribution is 7.99. The number of nitrogens with zero attached hydrogens (tertiary/aromatic N) is 3. The van der Waals surface area contributed by atoms with Crippen LogP contribution in [-0.2, 0) is 6.54 Å². The first-order valence-electron chi connectivity index (χ1n) is 5.33. The van der Waals surface area contributed by atoms with Crippen LogP contribution in [0.5, 0.6) is 0 Å². The van der Waals surface area contributed by atoms with Crippen LogP contribution in [-0.4, -0.2) is 15.0 Å². The fourth-order valence-electron chi connectivity index (χ4n) is 1.51. The summed E-state index contributed by atoms with van der Waals surface area (Å²) in [5.74, 6) is 0. The van der Waals surface area contributed by atoms with E-state index >= 15 is 0 Å². The molecule has 2 rings (SSSR count). The number of aromatic nitrogens is 3.